The number of amides is 2. The van der Waals surface area contributed by atoms with Gasteiger partial charge in [0, 0.05) is 27.4 Å². The van der Waals surface area contributed by atoms with Crippen molar-refractivity contribution in [3.05, 3.63) is 129 Å². The highest BCUT2D eigenvalue weighted by Crippen LogP contribution is 2.28. The maximum atomic E-state index is 14.5. The Morgan fingerprint density at radius 2 is 1.44 bits per heavy atom. The van der Waals surface area contributed by atoms with Gasteiger partial charge in [-0.1, -0.05) is 98.1 Å². The van der Waals surface area contributed by atoms with Gasteiger partial charge >= 0.3 is 0 Å². The van der Waals surface area contributed by atoms with Crippen molar-refractivity contribution in [2.45, 2.75) is 57.1 Å². The van der Waals surface area contributed by atoms with E-state index in [1.165, 1.54) is 17.0 Å². The van der Waals surface area contributed by atoms with E-state index >= 15 is 0 Å². The molecule has 0 unspecified atom stereocenters. The zero-order valence-corrected chi connectivity index (χ0v) is 29.7. The zero-order chi connectivity index (χ0) is 32.8. The lowest BCUT2D eigenvalue weighted by molar-refractivity contribution is -0.140. The average Bonchev–Trinajstić information content (AvgIpc) is 2.98. The highest BCUT2D eigenvalue weighted by Gasteiger charge is 2.35. The van der Waals surface area contributed by atoms with Gasteiger partial charge in [0.05, 0.1) is 10.6 Å². The number of carbonyl (C=O) groups excluding carboxylic acids is 2. The third-order valence-corrected chi connectivity index (χ3v) is 9.83. The quantitative estimate of drug-likeness (QED) is 0.175. The fraction of sp³-hybridized carbons (Fsp3) is 0.257. The number of benzene rings is 4. The number of nitrogens with one attached hydrogen (secondary N) is 1. The first-order valence-electron chi connectivity index (χ1n) is 14.5. The smallest absolute Gasteiger partial charge is 0.264 e. The molecule has 236 valence electrons. The molecule has 1 N–H and O–H groups in total. The molecule has 2 amide bonds. The predicted molar refractivity (Wildman–Crippen MR) is 186 cm³/mol. The molecular weight excluding hydrogens is 718 g/mol. The van der Waals surface area contributed by atoms with E-state index in [1.54, 1.807) is 36.4 Å². The molecule has 0 saturated carbocycles. The van der Waals surface area contributed by atoms with Gasteiger partial charge in [0.2, 0.25) is 11.8 Å². The third-order valence-electron chi connectivity index (χ3n) is 7.02. The predicted octanol–water partition coefficient (Wildman–Crippen LogP) is 7.27. The van der Waals surface area contributed by atoms with Crippen LogP contribution in [0, 0.1) is 6.92 Å². The number of rotatable bonds is 11. The van der Waals surface area contributed by atoms with E-state index in [1.807, 2.05) is 82.3 Å². The summed E-state index contributed by atoms with van der Waals surface area (Å²) >= 11 is 6.90. The van der Waals surface area contributed by atoms with E-state index in [9.17, 15) is 18.0 Å². The van der Waals surface area contributed by atoms with Gasteiger partial charge in [0.15, 0.2) is 0 Å². The van der Waals surface area contributed by atoms with E-state index in [-0.39, 0.29) is 23.8 Å². The van der Waals surface area contributed by atoms with Crippen LogP contribution in [-0.2, 0) is 32.6 Å². The number of carbonyl (C=O) groups is 2. The minimum atomic E-state index is -4.17. The van der Waals surface area contributed by atoms with Crippen molar-refractivity contribution in [2.75, 3.05) is 10.8 Å². The van der Waals surface area contributed by atoms with Gasteiger partial charge in [0.1, 0.15) is 12.6 Å². The molecule has 4 rings (SSSR count). The second kappa shape index (κ2) is 14.7. The Morgan fingerprint density at radius 3 is 2.04 bits per heavy atom. The Bertz CT molecular complexity index is 1720. The first-order chi connectivity index (χ1) is 21.2. The third kappa shape index (κ3) is 9.51. The van der Waals surface area contributed by atoms with E-state index in [0.29, 0.717) is 10.2 Å². The minimum absolute atomic E-state index is 0.0617. The van der Waals surface area contributed by atoms with Gasteiger partial charge in [-0.05, 0) is 81.3 Å². The molecule has 0 spiro atoms. The molecule has 1 atom stereocenters. The molecule has 0 aliphatic carbocycles. The molecule has 0 fully saturated rings. The van der Waals surface area contributed by atoms with Crippen molar-refractivity contribution in [2.24, 2.45) is 0 Å². The Balaban J connectivity index is 1.81. The maximum absolute atomic E-state index is 14.5. The van der Waals surface area contributed by atoms with Gasteiger partial charge < -0.3 is 10.2 Å². The van der Waals surface area contributed by atoms with Gasteiger partial charge in [0.25, 0.3) is 10.0 Å². The molecule has 45 heavy (non-hydrogen) atoms. The van der Waals surface area contributed by atoms with Crippen molar-refractivity contribution in [1.29, 1.82) is 0 Å². The molecule has 0 saturated heterocycles. The standard InChI is InChI=1S/C35H37Br2N3O4S/c1-25-13-19-31(20-14-25)45(43,44)40(30-12-8-11-29(37)22-30)24-33(41)39(23-27-15-17-28(36)18-16-27)32(34(42)38-35(2,3)4)21-26-9-6-5-7-10-26/h5-20,22,32H,21,23-24H2,1-4H3,(H,38,42)/t32-/m0/s1. The number of anilines is 1. The molecule has 0 bridgehead atoms. The first kappa shape index (κ1) is 34.4. The number of hydrogen-bond acceptors (Lipinski definition) is 4. The summed E-state index contributed by atoms with van der Waals surface area (Å²) in [6.45, 7) is 7.11. The molecule has 7 nitrogen and oxygen atoms in total. The second-order valence-electron chi connectivity index (χ2n) is 11.9. The average molecular weight is 756 g/mol. The summed E-state index contributed by atoms with van der Waals surface area (Å²) in [5.41, 5.74) is 2.34. The lowest BCUT2D eigenvalue weighted by Crippen LogP contribution is -2.56. The van der Waals surface area contributed by atoms with Crippen molar-refractivity contribution in [1.82, 2.24) is 10.2 Å². The van der Waals surface area contributed by atoms with Gasteiger partial charge in [-0.2, -0.15) is 0 Å². The molecule has 4 aromatic carbocycles. The van der Waals surface area contributed by atoms with Gasteiger partial charge in [-0.15, -0.1) is 0 Å². The van der Waals surface area contributed by atoms with E-state index in [2.05, 4.69) is 37.2 Å². The monoisotopic (exact) mass is 753 g/mol. The van der Waals surface area contributed by atoms with Crippen molar-refractivity contribution in [3.8, 4) is 0 Å². The SMILES string of the molecule is Cc1ccc(S(=O)(=O)N(CC(=O)N(Cc2ccc(Br)cc2)[C@@H](Cc2ccccc2)C(=O)NC(C)(C)C)c2cccc(Br)c2)cc1. The van der Waals surface area contributed by atoms with Crippen LogP contribution in [-0.4, -0.2) is 43.3 Å². The summed E-state index contributed by atoms with van der Waals surface area (Å²) in [7, 11) is -4.17. The Morgan fingerprint density at radius 1 is 0.800 bits per heavy atom. The van der Waals surface area contributed by atoms with Gasteiger partial charge in [-0.3, -0.25) is 13.9 Å². The van der Waals surface area contributed by atoms with E-state index in [0.717, 1.165) is 25.5 Å². The second-order valence-corrected chi connectivity index (χ2v) is 15.6. The van der Waals surface area contributed by atoms with Gasteiger partial charge in [-0.25, -0.2) is 8.42 Å². The van der Waals surface area contributed by atoms with Crippen LogP contribution >= 0.6 is 31.9 Å². The number of aryl methyl sites for hydroxylation is 1. The molecule has 0 aliphatic heterocycles. The zero-order valence-electron chi connectivity index (χ0n) is 25.7. The summed E-state index contributed by atoms with van der Waals surface area (Å²) < 4.78 is 30.9. The molecule has 0 heterocycles. The van der Waals surface area contributed by atoms with Crippen LogP contribution in [0.15, 0.2) is 117 Å². The summed E-state index contributed by atoms with van der Waals surface area (Å²) in [6.07, 6.45) is 0.243. The van der Waals surface area contributed by atoms with E-state index < -0.39 is 34.1 Å². The Kier molecular flexibility index (Phi) is 11.3. The lowest BCUT2D eigenvalue weighted by atomic mass is 10.0. The van der Waals surface area contributed by atoms with Crippen LogP contribution < -0.4 is 9.62 Å². The molecular formula is C35H37Br2N3O4S. The fourth-order valence-corrected chi connectivity index (χ4v) is 6.85. The van der Waals surface area contributed by atoms with Crippen LogP contribution in [0.25, 0.3) is 0 Å². The topological polar surface area (TPSA) is 86.8 Å². The molecule has 10 heteroatoms. The minimum Gasteiger partial charge on any atom is -0.350 e. The number of halogens is 2. The summed E-state index contributed by atoms with van der Waals surface area (Å²) in [6, 6.07) is 29.4. The number of hydrogen-bond donors (Lipinski definition) is 1. The fourth-order valence-electron chi connectivity index (χ4n) is 4.79. The Hall–Kier alpha value is -3.47. The summed E-state index contributed by atoms with van der Waals surface area (Å²) in [4.78, 5) is 30.0. The molecule has 0 radical (unpaired) electrons. The number of nitrogens with zero attached hydrogens (tertiary/aromatic N) is 2. The Labute approximate surface area is 283 Å². The largest absolute Gasteiger partial charge is 0.350 e. The molecule has 0 aromatic heterocycles. The van der Waals surface area contributed by atoms with Crippen molar-refractivity contribution >= 4 is 59.4 Å². The maximum Gasteiger partial charge on any atom is 0.264 e. The van der Waals surface area contributed by atoms with E-state index in [4.69, 9.17) is 0 Å². The van der Waals surface area contributed by atoms with Crippen LogP contribution in [0.2, 0.25) is 0 Å². The lowest BCUT2D eigenvalue weighted by Gasteiger charge is -2.35. The van der Waals surface area contributed by atoms with Crippen molar-refractivity contribution in [3.63, 3.8) is 0 Å². The van der Waals surface area contributed by atoms with Crippen LogP contribution in [0.1, 0.15) is 37.5 Å². The van der Waals surface area contributed by atoms with Crippen LogP contribution in [0.3, 0.4) is 0 Å². The summed E-state index contributed by atoms with van der Waals surface area (Å²) in [5.74, 6) is -0.842. The highest BCUT2D eigenvalue weighted by atomic mass is 79.9. The highest BCUT2D eigenvalue weighted by molar-refractivity contribution is 9.10. The molecule has 0 aliphatic rings. The molecule has 4 aromatic rings. The van der Waals surface area contributed by atoms with Crippen LogP contribution in [0.5, 0.6) is 0 Å². The van der Waals surface area contributed by atoms with Crippen LogP contribution in [0.4, 0.5) is 5.69 Å². The first-order valence-corrected chi connectivity index (χ1v) is 17.5. The summed E-state index contributed by atoms with van der Waals surface area (Å²) in [5, 5.41) is 3.05. The van der Waals surface area contributed by atoms with Crippen molar-refractivity contribution < 1.29 is 18.0 Å². The normalized spacial score (nSPS) is 12.3. The number of sulfonamides is 1.